The van der Waals surface area contributed by atoms with Gasteiger partial charge in [-0.2, -0.15) is 5.26 Å². The Balaban J connectivity index is 1.98. The van der Waals surface area contributed by atoms with Gasteiger partial charge in [0.25, 0.3) is 0 Å². The molecular weight excluding hydrogens is 340 g/mol. The molecule has 0 heterocycles. The number of nitriles is 1. The van der Waals surface area contributed by atoms with Crippen molar-refractivity contribution in [3.63, 3.8) is 0 Å². The van der Waals surface area contributed by atoms with Crippen LogP contribution in [0.15, 0.2) is 97.1 Å². The van der Waals surface area contributed by atoms with Crippen molar-refractivity contribution in [2.45, 2.75) is 5.41 Å². The quantitative estimate of drug-likeness (QED) is 0.423. The molecule has 28 heavy (non-hydrogen) atoms. The van der Waals surface area contributed by atoms with Crippen LogP contribution in [0.5, 0.6) is 0 Å². The van der Waals surface area contributed by atoms with Gasteiger partial charge in [-0.1, -0.05) is 72.8 Å². The Hall–Kier alpha value is -3.83. The molecule has 4 aromatic rings. The SMILES string of the molecule is N#Cc1cccc(C2(c3cccc(N)c3)c3ccccc3-c3ccccc32)c1. The lowest BCUT2D eigenvalue weighted by Gasteiger charge is -2.34. The molecule has 1 aliphatic carbocycles. The molecule has 0 bridgehead atoms. The highest BCUT2D eigenvalue weighted by molar-refractivity contribution is 5.86. The maximum atomic E-state index is 9.52. The first-order valence-corrected chi connectivity index (χ1v) is 9.31. The van der Waals surface area contributed by atoms with E-state index >= 15 is 0 Å². The minimum Gasteiger partial charge on any atom is -0.399 e. The van der Waals surface area contributed by atoms with Crippen molar-refractivity contribution in [3.8, 4) is 17.2 Å². The average Bonchev–Trinajstić information content (AvgIpc) is 3.05. The summed E-state index contributed by atoms with van der Waals surface area (Å²) in [4.78, 5) is 0. The number of nitrogen functional groups attached to an aromatic ring is 1. The van der Waals surface area contributed by atoms with E-state index in [0.717, 1.165) is 16.8 Å². The van der Waals surface area contributed by atoms with E-state index in [2.05, 4.69) is 72.8 Å². The second-order valence-corrected chi connectivity index (χ2v) is 7.16. The van der Waals surface area contributed by atoms with Gasteiger partial charge in [0.1, 0.15) is 0 Å². The summed E-state index contributed by atoms with van der Waals surface area (Å²) in [6.07, 6.45) is 0. The van der Waals surface area contributed by atoms with E-state index in [0.29, 0.717) is 5.56 Å². The molecule has 0 fully saturated rings. The van der Waals surface area contributed by atoms with Gasteiger partial charge in [-0.05, 0) is 57.6 Å². The molecule has 2 N–H and O–H groups in total. The van der Waals surface area contributed by atoms with Crippen molar-refractivity contribution >= 4 is 5.69 Å². The molecule has 0 saturated carbocycles. The number of fused-ring (bicyclic) bond motifs is 3. The van der Waals surface area contributed by atoms with Gasteiger partial charge in [-0.25, -0.2) is 0 Å². The number of hydrogen-bond acceptors (Lipinski definition) is 2. The number of hydrogen-bond donors (Lipinski definition) is 1. The molecule has 4 aromatic carbocycles. The molecule has 0 aliphatic heterocycles. The summed E-state index contributed by atoms with van der Waals surface area (Å²) < 4.78 is 0. The van der Waals surface area contributed by atoms with Crippen LogP contribution in [-0.2, 0) is 5.41 Å². The third kappa shape index (κ3) is 2.14. The highest BCUT2D eigenvalue weighted by Crippen LogP contribution is 2.56. The predicted molar refractivity (Wildman–Crippen MR) is 113 cm³/mol. The highest BCUT2D eigenvalue weighted by Gasteiger charge is 2.45. The Morgan fingerprint density at radius 1 is 0.643 bits per heavy atom. The van der Waals surface area contributed by atoms with Crippen LogP contribution in [0.2, 0.25) is 0 Å². The van der Waals surface area contributed by atoms with Crippen LogP contribution in [0.1, 0.15) is 27.8 Å². The van der Waals surface area contributed by atoms with E-state index in [9.17, 15) is 5.26 Å². The average molecular weight is 358 g/mol. The number of nitrogens with zero attached hydrogens (tertiary/aromatic N) is 1. The van der Waals surface area contributed by atoms with E-state index in [-0.39, 0.29) is 0 Å². The van der Waals surface area contributed by atoms with E-state index in [1.807, 2.05) is 30.3 Å². The van der Waals surface area contributed by atoms with Gasteiger partial charge in [0.05, 0.1) is 17.0 Å². The molecule has 0 atom stereocenters. The van der Waals surface area contributed by atoms with Crippen LogP contribution >= 0.6 is 0 Å². The van der Waals surface area contributed by atoms with Crippen molar-refractivity contribution in [2.24, 2.45) is 0 Å². The lowest BCUT2D eigenvalue weighted by Crippen LogP contribution is -2.28. The maximum Gasteiger partial charge on any atom is 0.0991 e. The van der Waals surface area contributed by atoms with Gasteiger partial charge >= 0.3 is 0 Å². The molecule has 0 unspecified atom stereocenters. The molecule has 2 heteroatoms. The molecular formula is C26H18N2. The Morgan fingerprint density at radius 2 is 1.21 bits per heavy atom. The van der Waals surface area contributed by atoms with E-state index in [1.54, 1.807) is 0 Å². The maximum absolute atomic E-state index is 9.52. The predicted octanol–water partition coefficient (Wildman–Crippen LogP) is 5.50. The fourth-order valence-corrected chi connectivity index (χ4v) is 4.62. The Bertz CT molecular complexity index is 1200. The zero-order valence-corrected chi connectivity index (χ0v) is 15.3. The largest absolute Gasteiger partial charge is 0.399 e. The molecule has 1 aliphatic rings. The highest BCUT2D eigenvalue weighted by atomic mass is 14.6. The van der Waals surface area contributed by atoms with Gasteiger partial charge in [0.15, 0.2) is 0 Å². The Morgan fingerprint density at radius 3 is 1.82 bits per heavy atom. The fourth-order valence-electron chi connectivity index (χ4n) is 4.62. The number of rotatable bonds is 2. The summed E-state index contributed by atoms with van der Waals surface area (Å²) in [6, 6.07) is 35.4. The van der Waals surface area contributed by atoms with Gasteiger partial charge < -0.3 is 5.73 Å². The van der Waals surface area contributed by atoms with Crippen molar-refractivity contribution in [2.75, 3.05) is 5.73 Å². The number of benzene rings is 4. The van der Waals surface area contributed by atoms with Crippen molar-refractivity contribution in [3.05, 3.63) is 125 Å². The lowest BCUT2D eigenvalue weighted by atomic mass is 9.67. The van der Waals surface area contributed by atoms with Crippen LogP contribution in [-0.4, -0.2) is 0 Å². The van der Waals surface area contributed by atoms with Crippen LogP contribution in [0.4, 0.5) is 5.69 Å². The molecule has 5 rings (SSSR count). The molecule has 2 nitrogen and oxygen atoms in total. The monoisotopic (exact) mass is 358 g/mol. The van der Waals surface area contributed by atoms with Crippen molar-refractivity contribution in [1.82, 2.24) is 0 Å². The zero-order valence-electron chi connectivity index (χ0n) is 15.3. The van der Waals surface area contributed by atoms with Gasteiger partial charge in [0, 0.05) is 5.69 Å². The Labute approximate surface area is 164 Å². The summed E-state index contributed by atoms with van der Waals surface area (Å²) in [5.41, 5.74) is 14.2. The van der Waals surface area contributed by atoms with E-state index in [1.165, 1.54) is 22.3 Å². The molecule has 0 spiro atoms. The van der Waals surface area contributed by atoms with Crippen molar-refractivity contribution in [1.29, 1.82) is 5.26 Å². The molecule has 0 saturated heterocycles. The van der Waals surface area contributed by atoms with Crippen LogP contribution in [0.25, 0.3) is 11.1 Å². The standard InChI is InChI=1S/C26H18N2/c27-17-18-7-5-8-19(15-18)26(20-9-6-10-21(28)16-20)24-13-3-1-11-22(24)23-12-2-4-14-25(23)26/h1-16H,28H2. The van der Waals surface area contributed by atoms with Gasteiger partial charge in [0.2, 0.25) is 0 Å². The minimum atomic E-state index is -0.505. The summed E-state index contributed by atoms with van der Waals surface area (Å²) >= 11 is 0. The molecule has 0 radical (unpaired) electrons. The second-order valence-electron chi connectivity index (χ2n) is 7.16. The van der Waals surface area contributed by atoms with Crippen molar-refractivity contribution < 1.29 is 0 Å². The second kappa shape index (κ2) is 6.11. The first-order valence-electron chi connectivity index (χ1n) is 9.31. The van der Waals surface area contributed by atoms with E-state index in [4.69, 9.17) is 5.73 Å². The van der Waals surface area contributed by atoms with E-state index < -0.39 is 5.41 Å². The number of nitrogens with two attached hydrogens (primary N) is 1. The fraction of sp³-hybridized carbons (Fsp3) is 0.0385. The van der Waals surface area contributed by atoms with Gasteiger partial charge in [-0.3, -0.25) is 0 Å². The molecule has 0 amide bonds. The Kier molecular flexibility index (Phi) is 3.57. The first kappa shape index (κ1) is 16.4. The summed E-state index contributed by atoms with van der Waals surface area (Å²) in [6.45, 7) is 0. The molecule has 132 valence electrons. The topological polar surface area (TPSA) is 49.8 Å². The van der Waals surface area contributed by atoms with Crippen LogP contribution < -0.4 is 5.73 Å². The number of anilines is 1. The minimum absolute atomic E-state index is 0.505. The van der Waals surface area contributed by atoms with Crippen LogP contribution in [0, 0.1) is 11.3 Å². The summed E-state index contributed by atoms with van der Waals surface area (Å²) in [7, 11) is 0. The lowest BCUT2D eigenvalue weighted by molar-refractivity contribution is 0.768. The van der Waals surface area contributed by atoms with Gasteiger partial charge in [-0.15, -0.1) is 0 Å². The molecule has 0 aromatic heterocycles. The third-order valence-corrected chi connectivity index (χ3v) is 5.70. The first-order chi connectivity index (χ1) is 13.7. The van der Waals surface area contributed by atoms with Crippen LogP contribution in [0.3, 0.4) is 0 Å². The smallest absolute Gasteiger partial charge is 0.0991 e. The normalized spacial score (nSPS) is 13.4. The summed E-state index contributed by atoms with van der Waals surface area (Å²) in [5.74, 6) is 0. The zero-order chi connectivity index (χ0) is 19.1. The summed E-state index contributed by atoms with van der Waals surface area (Å²) in [5, 5.41) is 9.52. The third-order valence-electron chi connectivity index (χ3n) is 5.70.